The van der Waals surface area contributed by atoms with Crippen LogP contribution in [0.2, 0.25) is 0 Å². The van der Waals surface area contributed by atoms with Crippen LogP contribution in [0, 0.1) is 5.82 Å². The fourth-order valence-corrected chi connectivity index (χ4v) is 3.66. The van der Waals surface area contributed by atoms with Gasteiger partial charge in [0.15, 0.2) is 17.0 Å². The molecule has 0 saturated heterocycles. The highest BCUT2D eigenvalue weighted by molar-refractivity contribution is 7.98. The van der Waals surface area contributed by atoms with E-state index in [0.29, 0.717) is 17.4 Å². The molecule has 28 heavy (non-hydrogen) atoms. The van der Waals surface area contributed by atoms with Crippen molar-refractivity contribution in [3.8, 4) is 5.69 Å². The second-order valence-electron chi connectivity index (χ2n) is 5.79. The molecule has 0 saturated carbocycles. The van der Waals surface area contributed by atoms with Crippen LogP contribution in [0.15, 0.2) is 53.1 Å². The van der Waals surface area contributed by atoms with Crippen LogP contribution in [0.4, 0.5) is 4.39 Å². The largest absolute Gasteiger partial charge is 0.448 e. The average molecular weight is 420 g/mol. The van der Waals surface area contributed by atoms with Crippen LogP contribution in [0.1, 0.15) is 22.3 Å². The molecule has 0 aliphatic heterocycles. The van der Waals surface area contributed by atoms with Crippen LogP contribution >= 0.6 is 23.1 Å². The summed E-state index contributed by atoms with van der Waals surface area (Å²) in [7, 11) is 0. The number of carbonyl (C=O) groups is 2. The summed E-state index contributed by atoms with van der Waals surface area (Å²) >= 11 is 2.87. The molecular weight excluding hydrogens is 401 g/mol. The van der Waals surface area contributed by atoms with E-state index in [4.69, 9.17) is 4.74 Å². The first kappa shape index (κ1) is 20.1. The standard InChI is InChI=1S/C19H18FN3O3S2/c1-12(17(24)21-10-15-4-3-9-28-15)26-18(25)16-11-22-19(27-2)23(16)14-7-5-13(20)6-8-14/h3-9,11-12H,10H2,1-2H3,(H,21,24)/t12-/m0/s1. The monoisotopic (exact) mass is 419 g/mol. The summed E-state index contributed by atoms with van der Waals surface area (Å²) in [5.74, 6) is -1.45. The first-order valence-electron chi connectivity index (χ1n) is 8.38. The summed E-state index contributed by atoms with van der Waals surface area (Å²) in [4.78, 5) is 30.1. The summed E-state index contributed by atoms with van der Waals surface area (Å²) in [5.41, 5.74) is 0.735. The summed E-state index contributed by atoms with van der Waals surface area (Å²) in [5, 5.41) is 5.21. The maximum atomic E-state index is 13.2. The number of ether oxygens (including phenoxy) is 1. The van der Waals surface area contributed by atoms with Crippen molar-refractivity contribution in [2.75, 3.05) is 6.26 Å². The van der Waals surface area contributed by atoms with Gasteiger partial charge in [-0.05, 0) is 48.9 Å². The second-order valence-corrected chi connectivity index (χ2v) is 7.59. The van der Waals surface area contributed by atoms with Gasteiger partial charge in [-0.2, -0.15) is 0 Å². The molecule has 3 rings (SSSR count). The van der Waals surface area contributed by atoms with E-state index >= 15 is 0 Å². The number of esters is 1. The molecular formula is C19H18FN3O3S2. The first-order chi connectivity index (χ1) is 13.5. The van der Waals surface area contributed by atoms with Crippen molar-refractivity contribution in [2.45, 2.75) is 24.7 Å². The SMILES string of the molecule is CSc1ncc(C(=O)O[C@@H](C)C(=O)NCc2cccs2)n1-c1ccc(F)cc1. The van der Waals surface area contributed by atoms with E-state index in [0.717, 1.165) is 4.88 Å². The maximum Gasteiger partial charge on any atom is 0.357 e. The summed E-state index contributed by atoms with van der Waals surface area (Å²) in [6.45, 7) is 1.89. The Morgan fingerprint density at radius 3 is 2.71 bits per heavy atom. The van der Waals surface area contributed by atoms with Gasteiger partial charge in [-0.3, -0.25) is 9.36 Å². The summed E-state index contributed by atoms with van der Waals surface area (Å²) < 4.78 is 20.1. The molecule has 1 aromatic carbocycles. The van der Waals surface area contributed by atoms with Gasteiger partial charge in [0.25, 0.3) is 5.91 Å². The average Bonchev–Trinajstić information content (AvgIpc) is 3.36. The van der Waals surface area contributed by atoms with Gasteiger partial charge in [0.1, 0.15) is 5.82 Å². The number of halogens is 1. The first-order valence-corrected chi connectivity index (χ1v) is 10.5. The fraction of sp³-hybridized carbons (Fsp3) is 0.211. The predicted octanol–water partition coefficient (Wildman–Crippen LogP) is 3.66. The molecule has 0 radical (unpaired) electrons. The number of hydrogen-bond acceptors (Lipinski definition) is 6. The third-order valence-corrected chi connectivity index (χ3v) is 5.41. The van der Waals surface area contributed by atoms with E-state index in [1.54, 1.807) is 16.7 Å². The Labute approximate surface area is 169 Å². The number of nitrogens with zero attached hydrogens (tertiary/aromatic N) is 2. The fourth-order valence-electron chi connectivity index (χ4n) is 2.47. The van der Waals surface area contributed by atoms with Gasteiger partial charge < -0.3 is 10.1 Å². The van der Waals surface area contributed by atoms with Crippen LogP contribution in [-0.4, -0.2) is 33.8 Å². The summed E-state index contributed by atoms with van der Waals surface area (Å²) in [6.07, 6.45) is 2.23. The van der Waals surface area contributed by atoms with Crippen LogP contribution in [-0.2, 0) is 16.1 Å². The number of thiophene rings is 1. The number of amides is 1. The minimum atomic E-state index is -0.971. The van der Waals surface area contributed by atoms with Crippen molar-refractivity contribution >= 4 is 35.0 Å². The normalized spacial score (nSPS) is 11.8. The lowest BCUT2D eigenvalue weighted by atomic mass is 10.3. The van der Waals surface area contributed by atoms with Crippen molar-refractivity contribution in [1.29, 1.82) is 0 Å². The Kier molecular flexibility index (Phi) is 6.48. The lowest BCUT2D eigenvalue weighted by molar-refractivity contribution is -0.129. The molecule has 9 heteroatoms. The number of carbonyl (C=O) groups excluding carboxylic acids is 2. The van der Waals surface area contributed by atoms with Crippen LogP contribution in [0.5, 0.6) is 0 Å². The zero-order valence-electron chi connectivity index (χ0n) is 15.2. The Hall–Kier alpha value is -2.65. The molecule has 1 atom stereocenters. The number of imidazole rings is 1. The van der Waals surface area contributed by atoms with E-state index in [9.17, 15) is 14.0 Å². The number of hydrogen-bond donors (Lipinski definition) is 1. The molecule has 0 spiro atoms. The van der Waals surface area contributed by atoms with E-state index in [-0.39, 0.29) is 17.4 Å². The van der Waals surface area contributed by atoms with Crippen LogP contribution in [0.3, 0.4) is 0 Å². The smallest absolute Gasteiger partial charge is 0.357 e. The summed E-state index contributed by atoms with van der Waals surface area (Å²) in [6, 6.07) is 9.50. The zero-order chi connectivity index (χ0) is 20.1. The van der Waals surface area contributed by atoms with Crippen molar-refractivity contribution in [3.05, 3.63) is 64.4 Å². The topological polar surface area (TPSA) is 73.2 Å². The Bertz CT molecular complexity index is 955. The molecule has 0 aliphatic rings. The molecule has 0 unspecified atom stereocenters. The molecule has 0 fully saturated rings. The molecule has 1 amide bonds. The van der Waals surface area contributed by atoms with Gasteiger partial charge in [0, 0.05) is 10.6 Å². The predicted molar refractivity (Wildman–Crippen MR) is 106 cm³/mol. The molecule has 3 aromatic rings. The maximum absolute atomic E-state index is 13.2. The number of thioether (sulfide) groups is 1. The van der Waals surface area contributed by atoms with Crippen molar-refractivity contribution in [2.24, 2.45) is 0 Å². The number of rotatable bonds is 7. The molecule has 0 aliphatic carbocycles. The molecule has 0 bridgehead atoms. The molecule has 146 valence electrons. The van der Waals surface area contributed by atoms with Crippen LogP contribution < -0.4 is 5.32 Å². The molecule has 6 nitrogen and oxygen atoms in total. The minimum absolute atomic E-state index is 0.161. The van der Waals surface area contributed by atoms with Crippen LogP contribution in [0.25, 0.3) is 5.69 Å². The number of aromatic nitrogens is 2. The van der Waals surface area contributed by atoms with Gasteiger partial charge >= 0.3 is 5.97 Å². The lowest BCUT2D eigenvalue weighted by Crippen LogP contribution is -2.35. The highest BCUT2D eigenvalue weighted by Crippen LogP contribution is 2.23. The Morgan fingerprint density at radius 1 is 1.32 bits per heavy atom. The molecule has 1 N–H and O–H groups in total. The highest BCUT2D eigenvalue weighted by Gasteiger charge is 2.23. The third-order valence-electron chi connectivity index (χ3n) is 3.88. The van der Waals surface area contributed by atoms with E-state index in [1.807, 2.05) is 23.8 Å². The number of benzene rings is 1. The Morgan fingerprint density at radius 2 is 2.07 bits per heavy atom. The van der Waals surface area contributed by atoms with E-state index in [2.05, 4.69) is 10.3 Å². The minimum Gasteiger partial charge on any atom is -0.448 e. The van der Waals surface area contributed by atoms with Crippen molar-refractivity contribution in [3.63, 3.8) is 0 Å². The van der Waals surface area contributed by atoms with Gasteiger partial charge in [0.05, 0.1) is 12.7 Å². The van der Waals surface area contributed by atoms with Crippen molar-refractivity contribution in [1.82, 2.24) is 14.9 Å². The van der Waals surface area contributed by atoms with Gasteiger partial charge in [-0.15, -0.1) is 11.3 Å². The Balaban J connectivity index is 1.72. The van der Waals surface area contributed by atoms with Gasteiger partial charge in [-0.25, -0.2) is 14.2 Å². The van der Waals surface area contributed by atoms with E-state index < -0.39 is 12.1 Å². The second kappa shape index (κ2) is 9.03. The van der Waals surface area contributed by atoms with Crippen molar-refractivity contribution < 1.29 is 18.7 Å². The molecule has 2 aromatic heterocycles. The molecule has 2 heterocycles. The van der Waals surface area contributed by atoms with E-state index in [1.165, 1.54) is 48.4 Å². The van der Waals surface area contributed by atoms with Gasteiger partial charge in [-0.1, -0.05) is 17.8 Å². The quantitative estimate of drug-likeness (QED) is 0.467. The number of nitrogens with one attached hydrogen (secondary N) is 1. The van der Waals surface area contributed by atoms with Gasteiger partial charge in [0.2, 0.25) is 0 Å². The lowest BCUT2D eigenvalue weighted by Gasteiger charge is -2.15. The highest BCUT2D eigenvalue weighted by atomic mass is 32.2. The third kappa shape index (κ3) is 4.60. The zero-order valence-corrected chi connectivity index (χ0v) is 16.8.